The van der Waals surface area contributed by atoms with Crippen molar-refractivity contribution in [3.63, 3.8) is 0 Å². The van der Waals surface area contributed by atoms with Crippen molar-refractivity contribution in [2.24, 2.45) is 5.73 Å². The van der Waals surface area contributed by atoms with Crippen LogP contribution in [0.1, 0.15) is 13.8 Å². The lowest BCUT2D eigenvalue weighted by Crippen LogP contribution is -2.11. The van der Waals surface area contributed by atoms with Gasteiger partial charge in [-0.2, -0.15) is 0 Å². The Kier molecular flexibility index (Phi) is 4.44. The smallest absolute Gasteiger partial charge is 0.341 e. The maximum Gasteiger partial charge on any atom is 0.341 e. The normalized spacial score (nSPS) is 13.8. The first-order valence-corrected chi connectivity index (χ1v) is 3.79. The maximum absolute atomic E-state index is 11.1. The van der Waals surface area contributed by atoms with Crippen LogP contribution in [0.5, 0.6) is 0 Å². The molecule has 12 heavy (non-hydrogen) atoms. The molecule has 0 saturated carbocycles. The van der Waals surface area contributed by atoms with E-state index in [1.807, 2.05) is 0 Å². The first-order chi connectivity index (χ1) is 5.54. The molecule has 0 aromatic rings. The van der Waals surface area contributed by atoms with E-state index in [0.717, 1.165) is 0 Å². The fraction of sp³-hybridized carbons (Fsp3) is 0.375. The third-order valence-electron chi connectivity index (χ3n) is 1.28. The lowest BCUT2D eigenvalue weighted by Gasteiger charge is -2.05. The molecule has 2 N–H and O–H groups in total. The van der Waals surface area contributed by atoms with Crippen LogP contribution >= 0.6 is 11.6 Å². The van der Waals surface area contributed by atoms with E-state index in [9.17, 15) is 4.79 Å². The van der Waals surface area contributed by atoms with Crippen LogP contribution in [0.15, 0.2) is 22.4 Å². The SMILES string of the molecule is C/C=C(Cl)\C(C(=O)OC)=C(/C)N. The molecule has 0 heterocycles. The molecular formula is C8H12ClNO2. The van der Waals surface area contributed by atoms with Gasteiger partial charge in [-0.15, -0.1) is 0 Å². The Morgan fingerprint density at radius 2 is 2.08 bits per heavy atom. The number of nitrogens with two attached hydrogens (primary N) is 1. The second-order valence-corrected chi connectivity index (χ2v) is 2.59. The summed E-state index contributed by atoms with van der Waals surface area (Å²) in [6, 6.07) is 0. The number of methoxy groups -OCH3 is 1. The highest BCUT2D eigenvalue weighted by molar-refractivity contribution is 6.35. The number of esters is 1. The van der Waals surface area contributed by atoms with Crippen molar-refractivity contribution in [2.75, 3.05) is 7.11 Å². The first-order valence-electron chi connectivity index (χ1n) is 3.41. The first kappa shape index (κ1) is 11.0. The molecule has 0 unspecified atom stereocenters. The summed E-state index contributed by atoms with van der Waals surface area (Å²) in [6.45, 7) is 3.31. The van der Waals surface area contributed by atoms with E-state index in [2.05, 4.69) is 4.74 Å². The number of carbonyl (C=O) groups excluding carboxylic acids is 1. The van der Waals surface area contributed by atoms with Gasteiger partial charge in [-0.25, -0.2) is 4.79 Å². The molecule has 4 heteroatoms. The van der Waals surface area contributed by atoms with E-state index in [0.29, 0.717) is 10.7 Å². The van der Waals surface area contributed by atoms with E-state index in [1.165, 1.54) is 7.11 Å². The van der Waals surface area contributed by atoms with Gasteiger partial charge < -0.3 is 10.5 Å². The van der Waals surface area contributed by atoms with Crippen molar-refractivity contribution < 1.29 is 9.53 Å². The molecule has 0 aliphatic heterocycles. The van der Waals surface area contributed by atoms with Crippen molar-refractivity contribution >= 4 is 17.6 Å². The third kappa shape index (κ3) is 2.58. The quantitative estimate of drug-likeness (QED) is 0.407. The molecule has 0 saturated heterocycles. The molecule has 0 aromatic heterocycles. The lowest BCUT2D eigenvalue weighted by molar-refractivity contribution is -0.135. The summed E-state index contributed by atoms with van der Waals surface area (Å²) < 4.78 is 4.49. The summed E-state index contributed by atoms with van der Waals surface area (Å²) in [6.07, 6.45) is 1.59. The van der Waals surface area contributed by atoms with Gasteiger partial charge in [0.15, 0.2) is 0 Å². The van der Waals surface area contributed by atoms with Crippen LogP contribution < -0.4 is 5.73 Å². The van der Waals surface area contributed by atoms with Gasteiger partial charge in [-0.1, -0.05) is 17.7 Å². The van der Waals surface area contributed by atoms with Crippen molar-refractivity contribution in [3.05, 3.63) is 22.4 Å². The van der Waals surface area contributed by atoms with E-state index in [4.69, 9.17) is 17.3 Å². The van der Waals surface area contributed by atoms with Crippen LogP contribution in [0.3, 0.4) is 0 Å². The summed E-state index contributed by atoms with van der Waals surface area (Å²) in [7, 11) is 1.28. The van der Waals surface area contributed by atoms with Crippen molar-refractivity contribution in [2.45, 2.75) is 13.8 Å². The average molecular weight is 190 g/mol. The van der Waals surface area contributed by atoms with Gasteiger partial charge >= 0.3 is 5.97 Å². The number of rotatable bonds is 2. The van der Waals surface area contributed by atoms with Crippen LogP contribution in [0.25, 0.3) is 0 Å². The van der Waals surface area contributed by atoms with Crippen LogP contribution in [0.2, 0.25) is 0 Å². The Labute approximate surface area is 76.8 Å². The highest BCUT2D eigenvalue weighted by Gasteiger charge is 2.14. The third-order valence-corrected chi connectivity index (χ3v) is 1.68. The molecule has 0 amide bonds. The Balaban J connectivity index is 4.96. The largest absolute Gasteiger partial charge is 0.465 e. The summed E-state index contributed by atoms with van der Waals surface area (Å²) in [5.41, 5.74) is 6.02. The molecule has 0 atom stereocenters. The van der Waals surface area contributed by atoms with Crippen molar-refractivity contribution in [3.8, 4) is 0 Å². The van der Waals surface area contributed by atoms with E-state index >= 15 is 0 Å². The minimum absolute atomic E-state index is 0.224. The molecule has 0 spiro atoms. The summed E-state index contributed by atoms with van der Waals surface area (Å²) >= 11 is 5.72. The van der Waals surface area contributed by atoms with Gasteiger partial charge in [-0.3, -0.25) is 0 Å². The molecule has 0 aliphatic rings. The van der Waals surface area contributed by atoms with Gasteiger partial charge in [-0.05, 0) is 13.8 Å². The number of ether oxygens (including phenoxy) is 1. The number of carbonyl (C=O) groups is 1. The van der Waals surface area contributed by atoms with Crippen LogP contribution in [-0.4, -0.2) is 13.1 Å². The molecule has 0 radical (unpaired) electrons. The number of hydrogen-bond donors (Lipinski definition) is 1. The van der Waals surface area contributed by atoms with E-state index < -0.39 is 5.97 Å². The number of halogens is 1. The fourth-order valence-electron chi connectivity index (χ4n) is 0.693. The lowest BCUT2D eigenvalue weighted by atomic mass is 10.2. The van der Waals surface area contributed by atoms with Crippen molar-refractivity contribution in [1.29, 1.82) is 0 Å². The minimum atomic E-state index is -0.516. The molecular weight excluding hydrogens is 178 g/mol. The van der Waals surface area contributed by atoms with Crippen molar-refractivity contribution in [1.82, 2.24) is 0 Å². The Morgan fingerprint density at radius 3 is 2.33 bits per heavy atom. The summed E-state index contributed by atoms with van der Waals surface area (Å²) in [5, 5.41) is 0.307. The Bertz CT molecular complexity index is 239. The topological polar surface area (TPSA) is 52.3 Å². The zero-order chi connectivity index (χ0) is 9.72. The summed E-state index contributed by atoms with van der Waals surface area (Å²) in [4.78, 5) is 11.1. The van der Waals surface area contributed by atoms with Gasteiger partial charge in [0.05, 0.1) is 17.7 Å². The molecule has 68 valence electrons. The standard InChI is InChI=1S/C8H12ClNO2/c1-4-6(9)7(5(2)10)8(11)12-3/h4H,10H2,1-3H3/b6-4+,7-5-. The maximum atomic E-state index is 11.1. The van der Waals surface area contributed by atoms with Crippen LogP contribution in [-0.2, 0) is 9.53 Å². The average Bonchev–Trinajstić information content (AvgIpc) is 2.03. The Morgan fingerprint density at radius 1 is 1.58 bits per heavy atom. The van der Waals surface area contributed by atoms with Gasteiger partial charge in [0.2, 0.25) is 0 Å². The highest BCUT2D eigenvalue weighted by atomic mass is 35.5. The molecule has 0 rings (SSSR count). The van der Waals surface area contributed by atoms with E-state index in [-0.39, 0.29) is 5.57 Å². The number of hydrogen-bond acceptors (Lipinski definition) is 3. The Hall–Kier alpha value is -0.960. The zero-order valence-electron chi connectivity index (χ0n) is 7.35. The molecule has 0 aliphatic carbocycles. The molecule has 0 fully saturated rings. The predicted molar refractivity (Wildman–Crippen MR) is 48.5 cm³/mol. The minimum Gasteiger partial charge on any atom is -0.465 e. The zero-order valence-corrected chi connectivity index (χ0v) is 8.11. The second kappa shape index (κ2) is 4.83. The number of allylic oxidation sites excluding steroid dienone is 2. The van der Waals surface area contributed by atoms with Crippen LogP contribution in [0.4, 0.5) is 0 Å². The second-order valence-electron chi connectivity index (χ2n) is 2.19. The highest BCUT2D eigenvalue weighted by Crippen LogP contribution is 2.17. The van der Waals surface area contributed by atoms with E-state index in [1.54, 1.807) is 19.9 Å². The van der Waals surface area contributed by atoms with Gasteiger partial charge in [0.1, 0.15) is 0 Å². The monoisotopic (exact) mass is 189 g/mol. The van der Waals surface area contributed by atoms with Gasteiger partial charge in [0.25, 0.3) is 0 Å². The molecule has 0 aromatic carbocycles. The predicted octanol–water partition coefficient (Wildman–Crippen LogP) is 1.53. The molecule has 3 nitrogen and oxygen atoms in total. The molecule has 0 bridgehead atoms. The van der Waals surface area contributed by atoms with Crippen LogP contribution in [0, 0.1) is 0 Å². The summed E-state index contributed by atoms with van der Waals surface area (Å²) in [5.74, 6) is -0.516. The fourth-order valence-corrected chi connectivity index (χ4v) is 0.919. The van der Waals surface area contributed by atoms with Gasteiger partial charge in [0, 0.05) is 5.70 Å².